The van der Waals surface area contributed by atoms with Crippen LogP contribution in [0.15, 0.2) is 24.3 Å². The molecule has 0 radical (unpaired) electrons. The molecule has 1 saturated heterocycles. The third-order valence-corrected chi connectivity index (χ3v) is 3.41. The minimum Gasteiger partial charge on any atom is -0.493 e. The first-order chi connectivity index (χ1) is 10.0. The number of ether oxygens (including phenoxy) is 2. The monoisotopic (exact) mass is 294 g/mol. The fourth-order valence-corrected chi connectivity index (χ4v) is 2.63. The summed E-state index contributed by atoms with van der Waals surface area (Å²) in [5.74, 6) is 0.549. The fourth-order valence-electron chi connectivity index (χ4n) is 2.63. The molecular formula is C15H22N2O4. The summed E-state index contributed by atoms with van der Waals surface area (Å²) in [7, 11) is 0. The van der Waals surface area contributed by atoms with Gasteiger partial charge < -0.3 is 9.47 Å². The van der Waals surface area contributed by atoms with E-state index in [-0.39, 0.29) is 17.9 Å². The van der Waals surface area contributed by atoms with Crippen LogP contribution >= 0.6 is 0 Å². The molecule has 2 atom stereocenters. The van der Waals surface area contributed by atoms with E-state index in [2.05, 4.69) is 18.7 Å². The Hall–Kier alpha value is -1.66. The molecule has 116 valence electrons. The highest BCUT2D eigenvalue weighted by Crippen LogP contribution is 2.19. The summed E-state index contributed by atoms with van der Waals surface area (Å²) in [5, 5.41) is 10.7. The van der Waals surface area contributed by atoms with Crippen LogP contribution in [0.4, 0.5) is 5.69 Å². The highest BCUT2D eigenvalue weighted by atomic mass is 16.6. The van der Waals surface area contributed by atoms with Gasteiger partial charge in [-0.3, -0.25) is 15.0 Å². The average Bonchev–Trinajstić information content (AvgIpc) is 2.43. The van der Waals surface area contributed by atoms with E-state index in [9.17, 15) is 10.1 Å². The smallest absolute Gasteiger partial charge is 0.273 e. The largest absolute Gasteiger partial charge is 0.493 e. The molecule has 0 bridgehead atoms. The standard InChI is InChI=1S/C15H22N2O4/c1-12-10-16(11-13(2)21-12)7-4-8-20-15-6-3-5-14(9-15)17(18)19/h3,5-6,9,12-13H,4,7-8,10-11H2,1-2H3. The lowest BCUT2D eigenvalue weighted by Crippen LogP contribution is -2.45. The number of nitro groups is 1. The Morgan fingerprint density at radius 2 is 2.10 bits per heavy atom. The Morgan fingerprint density at radius 1 is 1.38 bits per heavy atom. The molecule has 1 aliphatic rings. The van der Waals surface area contributed by atoms with E-state index in [0.29, 0.717) is 12.4 Å². The van der Waals surface area contributed by atoms with Gasteiger partial charge in [0.05, 0.1) is 29.8 Å². The maximum atomic E-state index is 10.7. The van der Waals surface area contributed by atoms with Crippen LogP contribution in [-0.4, -0.2) is 48.3 Å². The van der Waals surface area contributed by atoms with Gasteiger partial charge in [-0.05, 0) is 26.3 Å². The quantitative estimate of drug-likeness (QED) is 0.458. The molecule has 2 unspecified atom stereocenters. The molecule has 0 aliphatic carbocycles. The molecule has 0 spiro atoms. The van der Waals surface area contributed by atoms with E-state index < -0.39 is 4.92 Å². The van der Waals surface area contributed by atoms with Crippen LogP contribution in [0.1, 0.15) is 20.3 Å². The Bertz CT molecular complexity index is 470. The highest BCUT2D eigenvalue weighted by molar-refractivity contribution is 5.37. The molecule has 6 heteroatoms. The maximum Gasteiger partial charge on any atom is 0.273 e. The summed E-state index contributed by atoms with van der Waals surface area (Å²) in [6.45, 7) is 7.57. The van der Waals surface area contributed by atoms with Gasteiger partial charge >= 0.3 is 0 Å². The summed E-state index contributed by atoms with van der Waals surface area (Å²) < 4.78 is 11.3. The number of hydrogen-bond donors (Lipinski definition) is 0. The Balaban J connectivity index is 1.72. The van der Waals surface area contributed by atoms with Gasteiger partial charge in [-0.2, -0.15) is 0 Å². The molecule has 21 heavy (non-hydrogen) atoms. The predicted octanol–water partition coefficient (Wildman–Crippen LogP) is 2.47. The van der Waals surface area contributed by atoms with Crippen LogP contribution in [0.3, 0.4) is 0 Å². The van der Waals surface area contributed by atoms with Gasteiger partial charge in [0, 0.05) is 25.7 Å². The zero-order valence-corrected chi connectivity index (χ0v) is 12.5. The van der Waals surface area contributed by atoms with E-state index in [4.69, 9.17) is 9.47 Å². The van der Waals surface area contributed by atoms with Crippen molar-refractivity contribution in [2.75, 3.05) is 26.2 Å². The Labute approximate surface area is 124 Å². The molecule has 1 aromatic carbocycles. The Kier molecular flexibility index (Phi) is 5.52. The van der Waals surface area contributed by atoms with Crippen molar-refractivity contribution in [1.29, 1.82) is 0 Å². The van der Waals surface area contributed by atoms with Gasteiger partial charge in [-0.25, -0.2) is 0 Å². The summed E-state index contributed by atoms with van der Waals surface area (Å²) in [6, 6.07) is 6.30. The van der Waals surface area contributed by atoms with Crippen LogP contribution in [0, 0.1) is 10.1 Å². The van der Waals surface area contributed by atoms with Gasteiger partial charge in [0.15, 0.2) is 0 Å². The molecule has 0 N–H and O–H groups in total. The first-order valence-corrected chi connectivity index (χ1v) is 7.29. The molecule has 1 aliphatic heterocycles. The molecule has 0 amide bonds. The second-order valence-electron chi connectivity index (χ2n) is 5.47. The highest BCUT2D eigenvalue weighted by Gasteiger charge is 2.21. The van der Waals surface area contributed by atoms with Gasteiger partial charge in [0.25, 0.3) is 5.69 Å². The van der Waals surface area contributed by atoms with E-state index in [1.165, 1.54) is 12.1 Å². The Morgan fingerprint density at radius 3 is 2.76 bits per heavy atom. The summed E-state index contributed by atoms with van der Waals surface area (Å²) in [5.41, 5.74) is 0.0586. The third kappa shape index (κ3) is 4.99. The zero-order valence-electron chi connectivity index (χ0n) is 12.5. The van der Waals surface area contributed by atoms with Gasteiger partial charge in [0.2, 0.25) is 0 Å². The first-order valence-electron chi connectivity index (χ1n) is 7.29. The summed E-state index contributed by atoms with van der Waals surface area (Å²) >= 11 is 0. The molecule has 2 rings (SSSR count). The third-order valence-electron chi connectivity index (χ3n) is 3.41. The van der Waals surface area contributed by atoms with Crippen LogP contribution in [0.2, 0.25) is 0 Å². The lowest BCUT2D eigenvalue weighted by Gasteiger charge is -2.35. The maximum absolute atomic E-state index is 10.7. The second kappa shape index (κ2) is 7.38. The van der Waals surface area contributed by atoms with Crippen molar-refractivity contribution in [2.24, 2.45) is 0 Å². The van der Waals surface area contributed by atoms with E-state index >= 15 is 0 Å². The number of nitro benzene ring substituents is 1. The minimum atomic E-state index is -0.413. The number of morpholine rings is 1. The predicted molar refractivity (Wildman–Crippen MR) is 79.7 cm³/mol. The number of benzene rings is 1. The van der Waals surface area contributed by atoms with Crippen LogP contribution in [0.25, 0.3) is 0 Å². The van der Waals surface area contributed by atoms with Crippen molar-refractivity contribution < 1.29 is 14.4 Å². The van der Waals surface area contributed by atoms with Crippen LogP contribution < -0.4 is 4.74 Å². The number of nitrogens with zero attached hydrogens (tertiary/aromatic N) is 2. The van der Waals surface area contributed by atoms with Crippen LogP contribution in [0.5, 0.6) is 5.75 Å². The van der Waals surface area contributed by atoms with Crippen molar-refractivity contribution >= 4 is 5.69 Å². The normalized spacial score (nSPS) is 23.0. The van der Waals surface area contributed by atoms with Crippen molar-refractivity contribution in [3.8, 4) is 5.75 Å². The molecule has 1 fully saturated rings. The topological polar surface area (TPSA) is 64.8 Å². The van der Waals surface area contributed by atoms with Gasteiger partial charge in [-0.15, -0.1) is 0 Å². The number of rotatable bonds is 6. The van der Waals surface area contributed by atoms with E-state index in [1.807, 2.05) is 0 Å². The van der Waals surface area contributed by atoms with Crippen molar-refractivity contribution in [1.82, 2.24) is 4.90 Å². The number of non-ortho nitro benzene ring substituents is 1. The molecule has 1 aromatic rings. The lowest BCUT2D eigenvalue weighted by atomic mass is 10.2. The molecular weight excluding hydrogens is 272 g/mol. The number of hydrogen-bond acceptors (Lipinski definition) is 5. The van der Waals surface area contributed by atoms with Crippen LogP contribution in [-0.2, 0) is 4.74 Å². The summed E-state index contributed by atoms with van der Waals surface area (Å²) in [6.07, 6.45) is 1.43. The molecule has 1 heterocycles. The van der Waals surface area contributed by atoms with Gasteiger partial charge in [-0.1, -0.05) is 6.07 Å². The fraction of sp³-hybridized carbons (Fsp3) is 0.600. The molecule has 6 nitrogen and oxygen atoms in total. The van der Waals surface area contributed by atoms with E-state index in [1.54, 1.807) is 12.1 Å². The zero-order chi connectivity index (χ0) is 15.2. The lowest BCUT2D eigenvalue weighted by molar-refractivity contribution is -0.384. The van der Waals surface area contributed by atoms with Crippen molar-refractivity contribution in [3.63, 3.8) is 0 Å². The average molecular weight is 294 g/mol. The van der Waals surface area contributed by atoms with E-state index in [0.717, 1.165) is 26.1 Å². The first kappa shape index (κ1) is 15.7. The van der Waals surface area contributed by atoms with Gasteiger partial charge in [0.1, 0.15) is 5.75 Å². The molecule has 0 saturated carbocycles. The second-order valence-corrected chi connectivity index (χ2v) is 5.47. The molecule has 0 aromatic heterocycles. The van der Waals surface area contributed by atoms with Crippen molar-refractivity contribution in [3.05, 3.63) is 34.4 Å². The van der Waals surface area contributed by atoms with Crippen molar-refractivity contribution in [2.45, 2.75) is 32.5 Å². The summed E-state index contributed by atoms with van der Waals surface area (Å²) in [4.78, 5) is 12.6. The minimum absolute atomic E-state index is 0.0586. The SMILES string of the molecule is CC1CN(CCCOc2cccc([N+](=O)[O-])c2)CC(C)O1.